The second kappa shape index (κ2) is 7.72. The first kappa shape index (κ1) is 19.8. The Morgan fingerprint density at radius 2 is 1.55 bits per heavy atom. The van der Waals surface area contributed by atoms with Crippen molar-refractivity contribution < 1.29 is 22.7 Å². The molecule has 0 aromatic heterocycles. The molecule has 6 nitrogen and oxygen atoms in total. The number of hydrogen-bond donors (Lipinski definition) is 0. The molecule has 7 heteroatoms. The minimum Gasteiger partial charge on any atom is -0.457 e. The van der Waals surface area contributed by atoms with E-state index in [1.165, 1.54) is 28.6 Å². The SMILES string of the molecule is O=C(COC(=O)C1(c2ccccc2)CC1)c1ccc(S(=O)(=O)N2CCCC2)cc1. The van der Waals surface area contributed by atoms with E-state index >= 15 is 0 Å². The maximum atomic E-state index is 12.6. The van der Waals surface area contributed by atoms with E-state index in [4.69, 9.17) is 4.74 Å². The minimum atomic E-state index is -3.51. The molecule has 0 N–H and O–H groups in total. The molecule has 0 amide bonds. The zero-order valence-corrected chi connectivity index (χ0v) is 16.9. The van der Waals surface area contributed by atoms with Crippen LogP contribution in [0.2, 0.25) is 0 Å². The fourth-order valence-electron chi connectivity index (χ4n) is 3.74. The van der Waals surface area contributed by atoms with Gasteiger partial charge in [-0.15, -0.1) is 0 Å². The molecule has 1 aliphatic heterocycles. The van der Waals surface area contributed by atoms with E-state index < -0.39 is 15.4 Å². The number of nitrogens with zero attached hydrogens (tertiary/aromatic N) is 1. The summed E-state index contributed by atoms with van der Waals surface area (Å²) in [5.41, 5.74) is 0.603. The Labute approximate surface area is 170 Å². The lowest BCUT2D eigenvalue weighted by atomic mass is 9.96. The monoisotopic (exact) mass is 413 g/mol. The normalized spacial score (nSPS) is 18.3. The summed E-state index contributed by atoms with van der Waals surface area (Å²) in [6.45, 7) is 0.704. The van der Waals surface area contributed by atoms with Crippen LogP contribution in [0.3, 0.4) is 0 Å². The molecule has 1 heterocycles. The Kier molecular flexibility index (Phi) is 5.27. The second-order valence-electron chi connectivity index (χ2n) is 7.58. The third-order valence-corrected chi connectivity index (χ3v) is 7.59. The van der Waals surface area contributed by atoms with Gasteiger partial charge < -0.3 is 4.74 Å². The highest BCUT2D eigenvalue weighted by Crippen LogP contribution is 2.49. The molecule has 0 bridgehead atoms. The van der Waals surface area contributed by atoms with E-state index in [1.54, 1.807) is 0 Å². The zero-order valence-electron chi connectivity index (χ0n) is 16.0. The smallest absolute Gasteiger partial charge is 0.317 e. The third-order valence-electron chi connectivity index (χ3n) is 5.68. The highest BCUT2D eigenvalue weighted by atomic mass is 32.2. The van der Waals surface area contributed by atoms with Crippen LogP contribution in [0.25, 0.3) is 0 Å². The molecule has 0 atom stereocenters. The fraction of sp³-hybridized carbons (Fsp3) is 0.364. The molecule has 152 valence electrons. The molecule has 4 rings (SSSR count). The van der Waals surface area contributed by atoms with Gasteiger partial charge in [0.15, 0.2) is 12.4 Å². The number of carbonyl (C=O) groups is 2. The Hall–Kier alpha value is -2.51. The predicted molar refractivity (Wildman–Crippen MR) is 107 cm³/mol. The fourth-order valence-corrected chi connectivity index (χ4v) is 5.25. The maximum Gasteiger partial charge on any atom is 0.317 e. The molecule has 0 radical (unpaired) electrons. The molecule has 0 unspecified atom stereocenters. The number of sulfonamides is 1. The molecule has 2 aliphatic rings. The Morgan fingerprint density at radius 1 is 0.931 bits per heavy atom. The Balaban J connectivity index is 1.39. The summed E-state index contributed by atoms with van der Waals surface area (Å²) in [4.78, 5) is 25.1. The zero-order chi connectivity index (χ0) is 20.5. The van der Waals surface area contributed by atoms with Crippen molar-refractivity contribution in [3.05, 3.63) is 65.7 Å². The lowest BCUT2D eigenvalue weighted by Crippen LogP contribution is -2.28. The highest BCUT2D eigenvalue weighted by Gasteiger charge is 2.52. The summed E-state index contributed by atoms with van der Waals surface area (Å²) in [6.07, 6.45) is 3.16. The van der Waals surface area contributed by atoms with Gasteiger partial charge in [0, 0.05) is 18.7 Å². The topological polar surface area (TPSA) is 80.8 Å². The molecule has 0 spiro atoms. The maximum absolute atomic E-state index is 12.6. The lowest BCUT2D eigenvalue weighted by molar-refractivity contribution is -0.145. The first-order valence-corrected chi connectivity index (χ1v) is 11.2. The van der Waals surface area contributed by atoms with Crippen molar-refractivity contribution in [2.24, 2.45) is 0 Å². The Morgan fingerprint density at radius 3 is 2.14 bits per heavy atom. The summed E-state index contributed by atoms with van der Waals surface area (Å²) >= 11 is 0. The molecule has 29 heavy (non-hydrogen) atoms. The van der Waals surface area contributed by atoms with Gasteiger partial charge in [0.1, 0.15) is 0 Å². The van der Waals surface area contributed by atoms with Crippen LogP contribution in [-0.4, -0.2) is 44.2 Å². The molecule has 1 aliphatic carbocycles. The minimum absolute atomic E-state index is 0.175. The van der Waals surface area contributed by atoms with E-state index in [-0.39, 0.29) is 23.3 Å². The number of ketones is 1. The molecule has 2 fully saturated rings. The van der Waals surface area contributed by atoms with E-state index in [0.717, 1.165) is 18.4 Å². The van der Waals surface area contributed by atoms with E-state index in [1.807, 2.05) is 30.3 Å². The van der Waals surface area contributed by atoms with Crippen molar-refractivity contribution >= 4 is 21.8 Å². The number of carbonyl (C=O) groups excluding carboxylic acids is 2. The van der Waals surface area contributed by atoms with Crippen molar-refractivity contribution in [1.82, 2.24) is 4.31 Å². The molecular weight excluding hydrogens is 390 g/mol. The average Bonchev–Trinajstić information content (AvgIpc) is 3.37. The first-order valence-electron chi connectivity index (χ1n) is 9.80. The van der Waals surface area contributed by atoms with Crippen LogP contribution >= 0.6 is 0 Å². The molecule has 2 aromatic carbocycles. The van der Waals surface area contributed by atoms with Gasteiger partial charge >= 0.3 is 5.97 Å². The standard InChI is InChI=1S/C22H23NO5S/c24-20(16-28-21(25)22(12-13-22)18-6-2-1-3-7-18)17-8-10-19(11-9-17)29(26,27)23-14-4-5-15-23/h1-3,6-11H,4-5,12-16H2. The summed E-state index contributed by atoms with van der Waals surface area (Å²) in [5, 5.41) is 0. The number of benzene rings is 2. The van der Waals surface area contributed by atoms with Crippen molar-refractivity contribution in [3.63, 3.8) is 0 Å². The third kappa shape index (κ3) is 3.84. The number of ether oxygens (including phenoxy) is 1. The molecular formula is C22H23NO5S. The molecule has 1 saturated carbocycles. The predicted octanol–water partition coefficient (Wildman–Crippen LogP) is 2.93. The van der Waals surface area contributed by atoms with Gasteiger partial charge in [0.05, 0.1) is 10.3 Å². The van der Waals surface area contributed by atoms with E-state index in [0.29, 0.717) is 31.5 Å². The number of hydrogen-bond acceptors (Lipinski definition) is 5. The van der Waals surface area contributed by atoms with E-state index in [2.05, 4.69) is 0 Å². The number of Topliss-reactive ketones (excluding diaryl/α,β-unsaturated/α-hetero) is 1. The van der Waals surface area contributed by atoms with Crippen LogP contribution in [0.4, 0.5) is 0 Å². The quantitative estimate of drug-likeness (QED) is 0.515. The van der Waals surface area contributed by atoms with Crippen LogP contribution in [-0.2, 0) is 25.0 Å². The van der Waals surface area contributed by atoms with Crippen molar-refractivity contribution in [3.8, 4) is 0 Å². The number of esters is 1. The van der Waals surface area contributed by atoms with E-state index in [9.17, 15) is 18.0 Å². The first-order chi connectivity index (χ1) is 13.9. The largest absolute Gasteiger partial charge is 0.457 e. The van der Waals surface area contributed by atoms with Crippen LogP contribution in [0, 0.1) is 0 Å². The second-order valence-corrected chi connectivity index (χ2v) is 9.52. The summed E-state index contributed by atoms with van der Waals surface area (Å²) in [6, 6.07) is 15.3. The van der Waals surface area contributed by atoms with Gasteiger partial charge in [-0.3, -0.25) is 9.59 Å². The summed E-state index contributed by atoms with van der Waals surface area (Å²) < 4.78 is 31.9. The molecule has 2 aromatic rings. The summed E-state index contributed by atoms with van der Waals surface area (Å²) in [7, 11) is -3.51. The highest BCUT2D eigenvalue weighted by molar-refractivity contribution is 7.89. The van der Waals surface area contributed by atoms with Gasteiger partial charge in [0.2, 0.25) is 10.0 Å². The van der Waals surface area contributed by atoms with Gasteiger partial charge in [-0.1, -0.05) is 30.3 Å². The van der Waals surface area contributed by atoms with Gasteiger partial charge in [0.25, 0.3) is 0 Å². The van der Waals surface area contributed by atoms with Crippen molar-refractivity contribution in [1.29, 1.82) is 0 Å². The van der Waals surface area contributed by atoms with Crippen LogP contribution in [0.15, 0.2) is 59.5 Å². The number of rotatable bonds is 7. The van der Waals surface area contributed by atoms with Crippen LogP contribution in [0.1, 0.15) is 41.6 Å². The Bertz CT molecular complexity index is 1000. The summed E-state index contributed by atoms with van der Waals surface area (Å²) in [5.74, 6) is -0.738. The molecule has 1 saturated heterocycles. The van der Waals surface area contributed by atoms with Gasteiger partial charge in [-0.05, 0) is 55.5 Å². The van der Waals surface area contributed by atoms with Crippen molar-refractivity contribution in [2.45, 2.75) is 36.0 Å². The average molecular weight is 413 g/mol. The van der Waals surface area contributed by atoms with Gasteiger partial charge in [-0.25, -0.2) is 8.42 Å². The van der Waals surface area contributed by atoms with Crippen LogP contribution in [0.5, 0.6) is 0 Å². The van der Waals surface area contributed by atoms with Crippen molar-refractivity contribution in [2.75, 3.05) is 19.7 Å². The lowest BCUT2D eigenvalue weighted by Gasteiger charge is -2.16. The van der Waals surface area contributed by atoms with Crippen LogP contribution < -0.4 is 0 Å². The van der Waals surface area contributed by atoms with Gasteiger partial charge in [-0.2, -0.15) is 4.31 Å².